The van der Waals surface area contributed by atoms with Crippen LogP contribution < -0.4 is 5.73 Å². The van der Waals surface area contributed by atoms with Crippen molar-refractivity contribution in [1.82, 2.24) is 9.80 Å². The number of primary amides is 1. The predicted octanol–water partition coefficient (Wildman–Crippen LogP) is 0.644. The van der Waals surface area contributed by atoms with E-state index in [-0.39, 0.29) is 23.9 Å². The van der Waals surface area contributed by atoms with Crippen LogP contribution in [0.15, 0.2) is 0 Å². The summed E-state index contributed by atoms with van der Waals surface area (Å²) >= 11 is 0. The van der Waals surface area contributed by atoms with Crippen molar-refractivity contribution < 1.29 is 9.59 Å². The van der Waals surface area contributed by atoms with Crippen molar-refractivity contribution in [3.05, 3.63) is 0 Å². The second kappa shape index (κ2) is 5.18. The van der Waals surface area contributed by atoms with E-state index in [0.29, 0.717) is 13.1 Å². The summed E-state index contributed by atoms with van der Waals surface area (Å²) in [6.07, 6.45) is 1.63. The Kier molecular flexibility index (Phi) is 4.15. The molecule has 0 aromatic rings. The van der Waals surface area contributed by atoms with Crippen LogP contribution in [0.2, 0.25) is 0 Å². The molecule has 5 nitrogen and oxygen atoms in total. The standard InChI is InChI=1S/C11H21N3O2/c1-4-13(3)11(16)14-7-9(10(12)15)6-5-8(14)2/h8-9H,4-7H2,1-3H3,(H2,12,15). The van der Waals surface area contributed by atoms with E-state index in [9.17, 15) is 9.59 Å². The number of likely N-dealkylation sites (tertiary alicyclic amines) is 1. The van der Waals surface area contributed by atoms with Crippen LogP contribution in [0, 0.1) is 5.92 Å². The Bertz CT molecular complexity index is 280. The van der Waals surface area contributed by atoms with Crippen LogP contribution in [0.25, 0.3) is 0 Å². The molecule has 0 aromatic heterocycles. The first-order valence-electron chi connectivity index (χ1n) is 5.78. The van der Waals surface area contributed by atoms with Gasteiger partial charge in [0.15, 0.2) is 0 Å². The highest BCUT2D eigenvalue weighted by molar-refractivity contribution is 5.79. The quantitative estimate of drug-likeness (QED) is 0.752. The summed E-state index contributed by atoms with van der Waals surface area (Å²) in [6.45, 7) is 5.07. The van der Waals surface area contributed by atoms with Gasteiger partial charge in [0.25, 0.3) is 0 Å². The molecule has 0 aromatic carbocycles. The number of carbonyl (C=O) groups is 2. The van der Waals surface area contributed by atoms with Crippen molar-refractivity contribution >= 4 is 11.9 Å². The number of rotatable bonds is 2. The third-order valence-electron chi connectivity index (χ3n) is 3.33. The molecule has 1 rings (SSSR count). The lowest BCUT2D eigenvalue weighted by Crippen LogP contribution is -2.52. The summed E-state index contributed by atoms with van der Waals surface area (Å²) in [5.74, 6) is -0.491. The van der Waals surface area contributed by atoms with E-state index >= 15 is 0 Å². The third kappa shape index (κ3) is 2.65. The van der Waals surface area contributed by atoms with Crippen molar-refractivity contribution in [3.8, 4) is 0 Å². The van der Waals surface area contributed by atoms with E-state index in [1.165, 1.54) is 0 Å². The Hall–Kier alpha value is -1.26. The number of hydrogen-bond donors (Lipinski definition) is 1. The van der Waals surface area contributed by atoms with E-state index in [1.807, 2.05) is 13.8 Å². The molecular weight excluding hydrogens is 206 g/mol. The number of amides is 3. The maximum absolute atomic E-state index is 12.0. The summed E-state index contributed by atoms with van der Waals surface area (Å²) in [5, 5.41) is 0. The summed E-state index contributed by atoms with van der Waals surface area (Å²) in [4.78, 5) is 26.6. The SMILES string of the molecule is CCN(C)C(=O)N1CC(C(N)=O)CCC1C. The van der Waals surface area contributed by atoms with Crippen LogP contribution in [-0.2, 0) is 4.79 Å². The van der Waals surface area contributed by atoms with Crippen LogP contribution in [0.3, 0.4) is 0 Å². The predicted molar refractivity (Wildman–Crippen MR) is 61.8 cm³/mol. The fourth-order valence-electron chi connectivity index (χ4n) is 1.96. The molecule has 3 amide bonds. The van der Waals surface area contributed by atoms with Gasteiger partial charge in [0, 0.05) is 26.2 Å². The smallest absolute Gasteiger partial charge is 0.319 e. The van der Waals surface area contributed by atoms with E-state index < -0.39 is 0 Å². The lowest BCUT2D eigenvalue weighted by Gasteiger charge is -2.38. The minimum absolute atomic E-state index is 0.0130. The van der Waals surface area contributed by atoms with Crippen LogP contribution in [0.5, 0.6) is 0 Å². The minimum atomic E-state index is -0.302. The molecule has 0 bridgehead atoms. The van der Waals surface area contributed by atoms with Gasteiger partial charge >= 0.3 is 6.03 Å². The Labute approximate surface area is 96.6 Å². The molecule has 1 fully saturated rings. The zero-order valence-corrected chi connectivity index (χ0v) is 10.3. The van der Waals surface area contributed by atoms with Gasteiger partial charge in [-0.2, -0.15) is 0 Å². The molecule has 0 radical (unpaired) electrons. The molecule has 0 spiro atoms. The molecule has 1 saturated heterocycles. The fourth-order valence-corrected chi connectivity index (χ4v) is 1.96. The highest BCUT2D eigenvalue weighted by Crippen LogP contribution is 2.22. The first-order valence-corrected chi connectivity index (χ1v) is 5.78. The molecule has 0 aliphatic carbocycles. The van der Waals surface area contributed by atoms with E-state index in [4.69, 9.17) is 5.73 Å². The molecule has 5 heteroatoms. The Morgan fingerprint density at radius 2 is 2.06 bits per heavy atom. The molecule has 0 saturated carbocycles. The molecule has 2 N–H and O–H groups in total. The second-order valence-electron chi connectivity index (χ2n) is 4.47. The monoisotopic (exact) mass is 227 g/mol. The molecule has 16 heavy (non-hydrogen) atoms. The largest absolute Gasteiger partial charge is 0.369 e. The van der Waals surface area contributed by atoms with Gasteiger partial charge in [-0.15, -0.1) is 0 Å². The maximum Gasteiger partial charge on any atom is 0.319 e. The minimum Gasteiger partial charge on any atom is -0.369 e. The van der Waals surface area contributed by atoms with Gasteiger partial charge in [-0.3, -0.25) is 4.79 Å². The van der Waals surface area contributed by atoms with Crippen LogP contribution >= 0.6 is 0 Å². The summed E-state index contributed by atoms with van der Waals surface area (Å²) in [6, 6.07) is 0.179. The third-order valence-corrected chi connectivity index (χ3v) is 3.33. The number of nitrogens with two attached hydrogens (primary N) is 1. The number of nitrogens with zero attached hydrogens (tertiary/aromatic N) is 2. The van der Waals surface area contributed by atoms with Crippen LogP contribution in [0.1, 0.15) is 26.7 Å². The van der Waals surface area contributed by atoms with Crippen molar-refractivity contribution in [3.63, 3.8) is 0 Å². The average Bonchev–Trinajstić information content (AvgIpc) is 2.27. The molecular formula is C11H21N3O2. The topological polar surface area (TPSA) is 66.6 Å². The molecule has 2 atom stereocenters. The Morgan fingerprint density at radius 3 is 2.56 bits per heavy atom. The Morgan fingerprint density at radius 1 is 1.44 bits per heavy atom. The van der Waals surface area contributed by atoms with Gasteiger partial charge in [0.05, 0.1) is 5.92 Å². The molecule has 92 valence electrons. The summed E-state index contributed by atoms with van der Waals surface area (Å²) < 4.78 is 0. The van der Waals surface area contributed by atoms with Gasteiger partial charge in [0.1, 0.15) is 0 Å². The van der Waals surface area contributed by atoms with E-state index in [2.05, 4.69) is 0 Å². The van der Waals surface area contributed by atoms with Gasteiger partial charge < -0.3 is 15.5 Å². The summed E-state index contributed by atoms with van der Waals surface area (Å²) in [7, 11) is 1.77. The number of carbonyl (C=O) groups excluding carboxylic acids is 2. The molecule has 1 aliphatic rings. The van der Waals surface area contributed by atoms with E-state index in [1.54, 1.807) is 16.8 Å². The highest BCUT2D eigenvalue weighted by atomic mass is 16.2. The van der Waals surface area contributed by atoms with Gasteiger partial charge in [-0.05, 0) is 26.7 Å². The van der Waals surface area contributed by atoms with E-state index in [0.717, 1.165) is 12.8 Å². The lowest BCUT2D eigenvalue weighted by molar-refractivity contribution is -0.123. The average molecular weight is 227 g/mol. The van der Waals surface area contributed by atoms with Gasteiger partial charge in [-0.25, -0.2) is 4.79 Å². The van der Waals surface area contributed by atoms with Crippen molar-refractivity contribution in [2.75, 3.05) is 20.1 Å². The zero-order valence-electron chi connectivity index (χ0n) is 10.3. The van der Waals surface area contributed by atoms with Gasteiger partial charge in [0.2, 0.25) is 5.91 Å². The van der Waals surface area contributed by atoms with Crippen LogP contribution in [-0.4, -0.2) is 47.9 Å². The number of urea groups is 1. The number of piperidine rings is 1. The van der Waals surface area contributed by atoms with Crippen LogP contribution in [0.4, 0.5) is 4.79 Å². The lowest BCUT2D eigenvalue weighted by atomic mass is 9.93. The van der Waals surface area contributed by atoms with Crippen molar-refractivity contribution in [2.24, 2.45) is 11.7 Å². The summed E-state index contributed by atoms with van der Waals surface area (Å²) in [5.41, 5.74) is 5.29. The number of hydrogen-bond acceptors (Lipinski definition) is 2. The van der Waals surface area contributed by atoms with Crippen molar-refractivity contribution in [2.45, 2.75) is 32.7 Å². The maximum atomic E-state index is 12.0. The first-order chi connectivity index (χ1) is 7.47. The normalized spacial score (nSPS) is 25.3. The molecule has 2 unspecified atom stereocenters. The molecule has 1 heterocycles. The highest BCUT2D eigenvalue weighted by Gasteiger charge is 2.32. The van der Waals surface area contributed by atoms with Crippen molar-refractivity contribution in [1.29, 1.82) is 0 Å². The fraction of sp³-hybridized carbons (Fsp3) is 0.818. The Balaban J connectivity index is 2.69. The van der Waals surface area contributed by atoms with Gasteiger partial charge in [-0.1, -0.05) is 0 Å². The molecule has 1 aliphatic heterocycles. The first kappa shape index (κ1) is 12.8. The zero-order chi connectivity index (χ0) is 12.3. The second-order valence-corrected chi connectivity index (χ2v) is 4.47.